The van der Waals surface area contributed by atoms with Gasteiger partial charge in [-0.3, -0.25) is 4.79 Å². The summed E-state index contributed by atoms with van der Waals surface area (Å²) in [6.45, 7) is 3.60. The van der Waals surface area contributed by atoms with Crippen LogP contribution in [0.4, 0.5) is 0 Å². The van der Waals surface area contributed by atoms with Crippen LogP contribution in [0.3, 0.4) is 0 Å². The van der Waals surface area contributed by atoms with Crippen LogP contribution in [-0.2, 0) is 4.79 Å². The number of nitrogens with zero attached hydrogens (tertiary/aromatic N) is 1. The van der Waals surface area contributed by atoms with Gasteiger partial charge in [0.2, 0.25) is 0 Å². The Balaban J connectivity index is 2.79. The van der Waals surface area contributed by atoms with Crippen molar-refractivity contribution in [2.24, 2.45) is 10.7 Å². The van der Waals surface area contributed by atoms with E-state index in [9.17, 15) is 4.79 Å². The number of nitrogens with two attached hydrogens (primary N) is 1. The zero-order valence-corrected chi connectivity index (χ0v) is 5.57. The van der Waals surface area contributed by atoms with Gasteiger partial charge in [0, 0.05) is 0 Å². The van der Waals surface area contributed by atoms with Gasteiger partial charge >= 0.3 is 0 Å². The van der Waals surface area contributed by atoms with E-state index in [1.165, 1.54) is 11.8 Å². The summed E-state index contributed by atoms with van der Waals surface area (Å²) in [6, 6.07) is 0. The lowest BCUT2D eigenvalue weighted by atomic mass is 10.4. The number of carbonyl (C=O) groups is 1. The highest BCUT2D eigenvalue weighted by molar-refractivity contribution is 8.17. The van der Waals surface area contributed by atoms with E-state index in [1.54, 1.807) is 0 Å². The van der Waals surface area contributed by atoms with Crippen LogP contribution >= 0.6 is 11.8 Å². The highest BCUT2D eigenvalue weighted by Crippen LogP contribution is 2.21. The third kappa shape index (κ3) is 1.57. The summed E-state index contributed by atoms with van der Waals surface area (Å²) in [5.41, 5.74) is 5.25. The first-order valence-electron chi connectivity index (χ1n) is 2.41. The number of hydrogen-bond donors (Lipinski definition) is 1. The third-order valence-corrected chi connectivity index (χ3v) is 1.57. The molecule has 0 spiro atoms. The highest BCUT2D eigenvalue weighted by Gasteiger charge is 2.11. The maximum absolute atomic E-state index is 10.5. The molecular formula is C5H6N2OS. The normalized spacial score (nSPS) is 19.8. The fraction of sp³-hybridized carbons (Fsp3) is 0.200. The predicted molar refractivity (Wildman–Crippen MR) is 38.0 cm³/mol. The van der Waals surface area contributed by atoms with E-state index < -0.39 is 0 Å². The largest absolute Gasteiger partial charge is 0.378 e. The molecule has 0 aliphatic carbocycles. The Kier molecular flexibility index (Phi) is 1.57. The van der Waals surface area contributed by atoms with Crippen LogP contribution in [0.1, 0.15) is 6.42 Å². The minimum Gasteiger partial charge on any atom is -0.378 e. The number of hydrogen-bond acceptors (Lipinski definition) is 3. The Bertz CT molecular complexity index is 197. The topological polar surface area (TPSA) is 55.5 Å². The number of carbonyl (C=O) groups excluding carboxylic acids is 1. The van der Waals surface area contributed by atoms with Gasteiger partial charge in [-0.1, -0.05) is 18.3 Å². The minimum atomic E-state index is -0.198. The van der Waals surface area contributed by atoms with Crippen molar-refractivity contribution in [1.82, 2.24) is 0 Å². The SMILES string of the molecule is C=C1CC(=O)N=C(N)S1. The van der Waals surface area contributed by atoms with Gasteiger partial charge in [0.05, 0.1) is 6.42 Å². The molecule has 0 saturated heterocycles. The second-order valence-electron chi connectivity index (χ2n) is 1.66. The van der Waals surface area contributed by atoms with Crippen molar-refractivity contribution in [1.29, 1.82) is 0 Å². The molecule has 1 heterocycles. The van der Waals surface area contributed by atoms with Gasteiger partial charge in [0.25, 0.3) is 5.91 Å². The molecule has 0 fully saturated rings. The van der Waals surface area contributed by atoms with Crippen LogP contribution in [0.15, 0.2) is 16.5 Å². The monoisotopic (exact) mass is 142 g/mol. The lowest BCUT2D eigenvalue weighted by Gasteiger charge is -2.06. The van der Waals surface area contributed by atoms with Crippen LogP contribution in [0.25, 0.3) is 0 Å². The van der Waals surface area contributed by atoms with Crippen molar-refractivity contribution in [2.75, 3.05) is 0 Å². The van der Waals surface area contributed by atoms with E-state index in [4.69, 9.17) is 5.73 Å². The minimum absolute atomic E-state index is 0.198. The molecule has 1 rings (SSSR count). The van der Waals surface area contributed by atoms with E-state index in [2.05, 4.69) is 11.6 Å². The lowest BCUT2D eigenvalue weighted by molar-refractivity contribution is -0.117. The fourth-order valence-electron chi connectivity index (χ4n) is 0.538. The van der Waals surface area contributed by atoms with E-state index >= 15 is 0 Å². The molecule has 0 radical (unpaired) electrons. The van der Waals surface area contributed by atoms with Crippen molar-refractivity contribution in [3.8, 4) is 0 Å². The summed E-state index contributed by atoms with van der Waals surface area (Å²) in [5.74, 6) is -0.198. The van der Waals surface area contributed by atoms with Crippen LogP contribution in [0.2, 0.25) is 0 Å². The van der Waals surface area contributed by atoms with Crippen LogP contribution in [-0.4, -0.2) is 11.1 Å². The molecule has 1 aliphatic heterocycles. The maximum Gasteiger partial charge on any atom is 0.253 e. The standard InChI is InChI=1S/C5H6N2OS/c1-3-2-4(8)7-5(6)9-3/h1-2H2,(H2,6,7,8). The van der Waals surface area contributed by atoms with E-state index in [0.29, 0.717) is 11.6 Å². The number of rotatable bonds is 0. The van der Waals surface area contributed by atoms with Gasteiger partial charge in [-0.25, -0.2) is 0 Å². The second-order valence-corrected chi connectivity index (χ2v) is 2.86. The average molecular weight is 142 g/mol. The van der Waals surface area contributed by atoms with Gasteiger partial charge in [-0.2, -0.15) is 4.99 Å². The zero-order chi connectivity index (χ0) is 6.85. The third-order valence-electron chi connectivity index (χ3n) is 0.832. The summed E-state index contributed by atoms with van der Waals surface area (Å²) in [5, 5.41) is 0.302. The van der Waals surface area contributed by atoms with Crippen molar-refractivity contribution in [2.45, 2.75) is 6.42 Å². The molecule has 0 atom stereocenters. The van der Waals surface area contributed by atoms with Gasteiger partial charge in [0.1, 0.15) is 0 Å². The molecule has 0 bridgehead atoms. The van der Waals surface area contributed by atoms with Gasteiger partial charge in [-0.05, 0) is 4.91 Å². The number of amidine groups is 1. The molecule has 48 valence electrons. The van der Waals surface area contributed by atoms with E-state index in [-0.39, 0.29) is 5.91 Å². The summed E-state index contributed by atoms with van der Waals surface area (Å²) >= 11 is 1.26. The first-order valence-corrected chi connectivity index (χ1v) is 3.23. The Morgan fingerprint density at radius 3 is 2.89 bits per heavy atom. The number of aliphatic imine (C=N–C) groups is 1. The Hall–Kier alpha value is -0.770. The predicted octanol–water partition coefficient (Wildman–Crippen LogP) is 0.478. The van der Waals surface area contributed by atoms with Crippen LogP contribution in [0, 0.1) is 0 Å². The van der Waals surface area contributed by atoms with E-state index in [1.807, 2.05) is 0 Å². The van der Waals surface area contributed by atoms with E-state index in [0.717, 1.165) is 4.91 Å². The summed E-state index contributed by atoms with van der Waals surface area (Å²) in [4.78, 5) is 14.8. The van der Waals surface area contributed by atoms with Crippen LogP contribution < -0.4 is 5.73 Å². The first-order chi connectivity index (χ1) is 4.18. The number of amides is 1. The van der Waals surface area contributed by atoms with Crippen molar-refractivity contribution < 1.29 is 4.79 Å². The molecule has 0 unspecified atom stereocenters. The smallest absolute Gasteiger partial charge is 0.253 e. The quantitative estimate of drug-likeness (QED) is 0.535. The van der Waals surface area contributed by atoms with Crippen molar-refractivity contribution in [3.05, 3.63) is 11.5 Å². The van der Waals surface area contributed by atoms with Crippen molar-refractivity contribution in [3.63, 3.8) is 0 Å². The van der Waals surface area contributed by atoms with Gasteiger partial charge in [-0.15, -0.1) is 0 Å². The van der Waals surface area contributed by atoms with Crippen molar-refractivity contribution >= 4 is 22.8 Å². The van der Waals surface area contributed by atoms with Crippen LogP contribution in [0.5, 0.6) is 0 Å². The van der Waals surface area contributed by atoms with Gasteiger partial charge in [0.15, 0.2) is 5.17 Å². The Labute approximate surface area is 57.0 Å². The summed E-state index contributed by atoms with van der Waals surface area (Å²) < 4.78 is 0. The maximum atomic E-state index is 10.5. The highest BCUT2D eigenvalue weighted by atomic mass is 32.2. The first kappa shape index (κ1) is 6.35. The second kappa shape index (κ2) is 2.23. The molecule has 4 heteroatoms. The number of thioether (sulfide) groups is 1. The van der Waals surface area contributed by atoms with Gasteiger partial charge < -0.3 is 5.73 Å². The summed E-state index contributed by atoms with van der Waals surface area (Å²) in [7, 11) is 0. The zero-order valence-electron chi connectivity index (χ0n) is 4.76. The average Bonchev–Trinajstić information content (AvgIpc) is 1.59. The Morgan fingerprint density at radius 2 is 2.44 bits per heavy atom. The summed E-state index contributed by atoms with van der Waals surface area (Å²) in [6.07, 6.45) is 0.325. The molecule has 2 N–H and O–H groups in total. The Morgan fingerprint density at radius 1 is 1.78 bits per heavy atom. The molecule has 9 heavy (non-hydrogen) atoms. The lowest BCUT2D eigenvalue weighted by Crippen LogP contribution is -2.14. The molecular weight excluding hydrogens is 136 g/mol. The molecule has 0 aromatic carbocycles. The molecule has 0 saturated carbocycles. The molecule has 1 aliphatic rings. The molecule has 1 amide bonds. The molecule has 3 nitrogen and oxygen atoms in total. The molecule has 0 aromatic rings. The fourth-order valence-corrected chi connectivity index (χ4v) is 1.18. The molecule has 0 aromatic heterocycles.